The van der Waals surface area contributed by atoms with Crippen LogP contribution in [0.1, 0.15) is 23.2 Å². The van der Waals surface area contributed by atoms with Gasteiger partial charge in [-0.25, -0.2) is 13.2 Å². The molecule has 4 nitrogen and oxygen atoms in total. The summed E-state index contributed by atoms with van der Waals surface area (Å²) in [5, 5.41) is 5.79. The zero-order chi connectivity index (χ0) is 21.8. The van der Waals surface area contributed by atoms with E-state index in [4.69, 9.17) is 0 Å². The molecule has 2 aromatic carbocycles. The van der Waals surface area contributed by atoms with Crippen molar-refractivity contribution in [2.24, 2.45) is 0 Å². The largest absolute Gasteiger partial charge is 0.368 e. The molecule has 0 bridgehead atoms. The molecular formula is C23H24F3N3OS. The molecule has 0 unspecified atom stereocenters. The zero-order valence-corrected chi connectivity index (χ0v) is 17.9. The summed E-state index contributed by atoms with van der Waals surface area (Å²) in [5.41, 5.74) is 0.644. The summed E-state index contributed by atoms with van der Waals surface area (Å²) in [7, 11) is 0. The van der Waals surface area contributed by atoms with Crippen molar-refractivity contribution >= 4 is 33.0 Å². The van der Waals surface area contributed by atoms with Gasteiger partial charge in [0.2, 0.25) is 0 Å². The van der Waals surface area contributed by atoms with Crippen LogP contribution >= 0.6 is 11.3 Å². The number of rotatable bonds is 7. The highest BCUT2D eigenvalue weighted by Crippen LogP contribution is 2.34. The van der Waals surface area contributed by atoms with Gasteiger partial charge in [0.1, 0.15) is 23.0 Å². The first-order valence-corrected chi connectivity index (χ1v) is 11.3. The molecule has 8 heteroatoms. The maximum Gasteiger partial charge on any atom is 0.257 e. The van der Waals surface area contributed by atoms with Crippen molar-refractivity contribution in [1.82, 2.24) is 10.2 Å². The van der Waals surface area contributed by atoms with Gasteiger partial charge in [0, 0.05) is 48.2 Å². The van der Waals surface area contributed by atoms with Gasteiger partial charge in [0.05, 0.1) is 5.69 Å². The van der Waals surface area contributed by atoms with Gasteiger partial charge in [-0.1, -0.05) is 6.07 Å². The SMILES string of the molecule is O=C(NCCCCN1CCN(c2csc3cc(F)ccc23)CC1)c1c(F)cccc1F. The number of amides is 1. The first-order chi connectivity index (χ1) is 15.0. The maximum atomic E-state index is 13.6. The number of fused-ring (bicyclic) bond motifs is 1. The predicted molar refractivity (Wildman–Crippen MR) is 118 cm³/mol. The van der Waals surface area contributed by atoms with Crippen LogP contribution in [0.25, 0.3) is 10.1 Å². The van der Waals surface area contributed by atoms with Crippen molar-refractivity contribution in [1.29, 1.82) is 0 Å². The van der Waals surface area contributed by atoms with E-state index in [1.165, 1.54) is 17.8 Å². The fourth-order valence-electron chi connectivity index (χ4n) is 3.91. The summed E-state index contributed by atoms with van der Waals surface area (Å²) in [6.07, 6.45) is 1.63. The highest BCUT2D eigenvalue weighted by molar-refractivity contribution is 7.17. The van der Waals surface area contributed by atoms with E-state index in [0.717, 1.165) is 67.8 Å². The normalized spacial score (nSPS) is 14.9. The van der Waals surface area contributed by atoms with Crippen molar-refractivity contribution in [2.45, 2.75) is 12.8 Å². The zero-order valence-electron chi connectivity index (χ0n) is 17.0. The molecule has 3 aromatic rings. The lowest BCUT2D eigenvalue weighted by molar-refractivity contribution is 0.0944. The van der Waals surface area contributed by atoms with Gasteiger partial charge in [0.25, 0.3) is 5.91 Å². The second kappa shape index (κ2) is 9.70. The Bertz CT molecular complexity index is 1040. The highest BCUT2D eigenvalue weighted by Gasteiger charge is 2.20. The van der Waals surface area contributed by atoms with E-state index in [-0.39, 0.29) is 5.82 Å². The van der Waals surface area contributed by atoms with Crippen LogP contribution in [0, 0.1) is 17.5 Å². The number of hydrogen-bond donors (Lipinski definition) is 1. The van der Waals surface area contributed by atoms with Crippen molar-refractivity contribution in [3.05, 3.63) is 64.8 Å². The summed E-state index contributed by atoms with van der Waals surface area (Å²) in [6.45, 7) is 4.98. The van der Waals surface area contributed by atoms with Gasteiger partial charge in [-0.15, -0.1) is 11.3 Å². The Morgan fingerprint density at radius 2 is 1.74 bits per heavy atom. The third-order valence-electron chi connectivity index (χ3n) is 5.61. The molecule has 1 aliphatic heterocycles. The van der Waals surface area contributed by atoms with E-state index in [0.29, 0.717) is 6.54 Å². The predicted octanol–water partition coefficient (Wildman–Crippen LogP) is 4.65. The molecule has 2 heterocycles. The molecular weight excluding hydrogens is 423 g/mol. The minimum atomic E-state index is -0.848. The number of nitrogens with one attached hydrogen (secondary N) is 1. The quantitative estimate of drug-likeness (QED) is 0.536. The van der Waals surface area contributed by atoms with Crippen LogP contribution in [0.3, 0.4) is 0 Å². The first kappa shape index (κ1) is 21.6. The number of unbranched alkanes of at least 4 members (excludes halogenated alkanes) is 1. The number of carbonyl (C=O) groups is 1. The van der Waals surface area contributed by atoms with Gasteiger partial charge in [-0.05, 0) is 49.7 Å². The third kappa shape index (κ3) is 5.02. The van der Waals surface area contributed by atoms with Gasteiger partial charge in [-0.3, -0.25) is 9.69 Å². The Kier molecular flexibility index (Phi) is 6.77. The molecule has 0 saturated carbocycles. The molecule has 1 amide bonds. The minimum Gasteiger partial charge on any atom is -0.368 e. The summed E-state index contributed by atoms with van der Waals surface area (Å²) >= 11 is 1.57. The molecule has 0 radical (unpaired) electrons. The number of nitrogens with zero attached hydrogens (tertiary/aromatic N) is 2. The maximum absolute atomic E-state index is 13.6. The summed E-state index contributed by atoms with van der Waals surface area (Å²) in [5.74, 6) is -2.62. The van der Waals surface area contributed by atoms with E-state index >= 15 is 0 Å². The number of piperazine rings is 1. The van der Waals surface area contributed by atoms with E-state index in [9.17, 15) is 18.0 Å². The van der Waals surface area contributed by atoms with Gasteiger partial charge < -0.3 is 10.2 Å². The lowest BCUT2D eigenvalue weighted by atomic mass is 10.1. The Hall–Kier alpha value is -2.58. The number of carbonyl (C=O) groups excluding carboxylic acids is 1. The molecule has 0 atom stereocenters. The number of anilines is 1. The van der Waals surface area contributed by atoms with E-state index in [1.807, 2.05) is 6.07 Å². The first-order valence-electron chi connectivity index (χ1n) is 10.4. The molecule has 0 aliphatic carbocycles. The number of hydrogen-bond acceptors (Lipinski definition) is 4. The molecule has 1 saturated heterocycles. The third-order valence-corrected chi connectivity index (χ3v) is 6.54. The van der Waals surface area contributed by atoms with Crippen LogP contribution in [-0.2, 0) is 0 Å². The minimum absolute atomic E-state index is 0.207. The molecule has 0 spiro atoms. The summed E-state index contributed by atoms with van der Waals surface area (Å²) in [6, 6.07) is 8.34. The Labute approximate surface area is 183 Å². The number of thiophene rings is 1. The fraction of sp³-hybridized carbons (Fsp3) is 0.348. The van der Waals surface area contributed by atoms with Gasteiger partial charge in [0.15, 0.2) is 0 Å². The lowest BCUT2D eigenvalue weighted by Crippen LogP contribution is -2.46. The van der Waals surface area contributed by atoms with Crippen LogP contribution in [-0.4, -0.2) is 50.1 Å². The molecule has 4 rings (SSSR count). The van der Waals surface area contributed by atoms with Gasteiger partial charge in [-0.2, -0.15) is 0 Å². The van der Waals surface area contributed by atoms with Crippen molar-refractivity contribution in [3.8, 4) is 0 Å². The number of halogens is 3. The Morgan fingerprint density at radius 3 is 2.48 bits per heavy atom. The van der Waals surface area contributed by atoms with Crippen LogP contribution < -0.4 is 10.2 Å². The molecule has 31 heavy (non-hydrogen) atoms. The van der Waals surface area contributed by atoms with Gasteiger partial charge >= 0.3 is 0 Å². The highest BCUT2D eigenvalue weighted by atomic mass is 32.1. The van der Waals surface area contributed by atoms with Crippen molar-refractivity contribution in [2.75, 3.05) is 44.2 Å². The Balaban J connectivity index is 1.18. The van der Waals surface area contributed by atoms with Crippen LogP contribution in [0.15, 0.2) is 41.8 Å². The monoisotopic (exact) mass is 447 g/mol. The smallest absolute Gasteiger partial charge is 0.257 e. The standard InChI is InChI=1S/C23H24F3N3OS/c24-16-6-7-17-20(15-31-21(17)14-16)29-12-10-28(11-13-29)9-2-1-8-27-23(30)22-18(25)4-3-5-19(22)26/h3-7,14-15H,1-2,8-13H2,(H,27,30). The molecule has 1 aliphatic rings. The van der Waals surface area contributed by atoms with Crippen LogP contribution in [0.4, 0.5) is 18.9 Å². The van der Waals surface area contributed by atoms with E-state index in [1.54, 1.807) is 17.4 Å². The molecule has 1 fully saturated rings. The topological polar surface area (TPSA) is 35.6 Å². The fourth-order valence-corrected chi connectivity index (χ4v) is 4.91. The van der Waals surface area contributed by atoms with E-state index in [2.05, 4.69) is 20.5 Å². The second-order valence-electron chi connectivity index (χ2n) is 7.65. The van der Waals surface area contributed by atoms with Crippen molar-refractivity contribution in [3.63, 3.8) is 0 Å². The summed E-state index contributed by atoms with van der Waals surface area (Å²) < 4.78 is 41.6. The average Bonchev–Trinajstić information content (AvgIpc) is 3.17. The Morgan fingerprint density at radius 1 is 1.00 bits per heavy atom. The van der Waals surface area contributed by atoms with Crippen LogP contribution in [0.5, 0.6) is 0 Å². The molecule has 164 valence electrons. The molecule has 1 N–H and O–H groups in total. The number of benzene rings is 2. The molecule has 1 aromatic heterocycles. The van der Waals surface area contributed by atoms with Crippen molar-refractivity contribution < 1.29 is 18.0 Å². The second-order valence-corrected chi connectivity index (χ2v) is 8.56. The average molecular weight is 448 g/mol. The van der Waals surface area contributed by atoms with E-state index < -0.39 is 23.1 Å². The lowest BCUT2D eigenvalue weighted by Gasteiger charge is -2.35. The summed E-state index contributed by atoms with van der Waals surface area (Å²) in [4.78, 5) is 16.7. The van der Waals surface area contributed by atoms with Crippen LogP contribution in [0.2, 0.25) is 0 Å².